The van der Waals surface area contributed by atoms with E-state index in [1.54, 1.807) is 0 Å². The lowest BCUT2D eigenvalue weighted by atomic mass is 10.0. The van der Waals surface area contributed by atoms with E-state index in [1.165, 1.54) is 0 Å². The van der Waals surface area contributed by atoms with Crippen molar-refractivity contribution >= 4 is 19.3 Å². The quantitative estimate of drug-likeness (QED) is 0.101. The second-order valence-electron chi connectivity index (χ2n) is 6.71. The molecule has 0 fully saturated rings. The fourth-order valence-electron chi connectivity index (χ4n) is 2.54. The van der Waals surface area contributed by atoms with Gasteiger partial charge >= 0.3 is 11.9 Å². The molecule has 0 spiro atoms. The van der Waals surface area contributed by atoms with E-state index in [0.29, 0.717) is 9.80 Å². The zero-order valence-electron chi connectivity index (χ0n) is 15.7. The van der Waals surface area contributed by atoms with Gasteiger partial charge in [0.1, 0.15) is 0 Å². The standard InChI is InChI=1S/C14H29N2O12P/c17-3-13(4-18,5-19)15(1-11(23)24)9-29(27,28)10-16(2-12(25)26)14(6-20,7-21)8-22/h17-22H,1-10H2,(H,23,24)(H,25,26)(H,27,28). The van der Waals surface area contributed by atoms with E-state index in [4.69, 9.17) is 10.2 Å². The van der Waals surface area contributed by atoms with Crippen LogP contribution in [0, 0.1) is 0 Å². The van der Waals surface area contributed by atoms with Gasteiger partial charge in [0, 0.05) is 0 Å². The van der Waals surface area contributed by atoms with Crippen LogP contribution in [0.25, 0.3) is 0 Å². The fourth-order valence-corrected chi connectivity index (χ4v) is 4.50. The van der Waals surface area contributed by atoms with Gasteiger partial charge in [-0.2, -0.15) is 0 Å². The van der Waals surface area contributed by atoms with Crippen LogP contribution in [0.15, 0.2) is 0 Å². The Morgan fingerprint density at radius 3 is 1.07 bits per heavy atom. The summed E-state index contributed by atoms with van der Waals surface area (Å²) < 4.78 is 12.8. The predicted molar refractivity (Wildman–Crippen MR) is 96.2 cm³/mol. The number of hydrogen-bond donors (Lipinski definition) is 9. The average molecular weight is 448 g/mol. The number of carboxylic acids is 2. The van der Waals surface area contributed by atoms with E-state index in [1.807, 2.05) is 0 Å². The Kier molecular flexibility index (Phi) is 11.4. The molecule has 15 heteroatoms. The predicted octanol–water partition coefficient (Wildman–Crippen LogP) is -4.62. The molecule has 29 heavy (non-hydrogen) atoms. The number of nitrogens with zero attached hydrogens (tertiary/aromatic N) is 2. The Bertz CT molecular complexity index is 518. The Labute approximate surface area is 166 Å². The van der Waals surface area contributed by atoms with Crippen LogP contribution < -0.4 is 0 Å². The minimum absolute atomic E-state index is 0.674. The van der Waals surface area contributed by atoms with E-state index in [2.05, 4.69) is 0 Å². The average Bonchev–Trinajstić information content (AvgIpc) is 2.63. The highest BCUT2D eigenvalue weighted by Gasteiger charge is 2.44. The number of carboxylic acid groups (broad SMARTS) is 2. The fraction of sp³-hybridized carbons (Fsp3) is 0.857. The molecule has 0 aliphatic carbocycles. The normalized spacial score (nSPS) is 13.3. The summed E-state index contributed by atoms with van der Waals surface area (Å²) in [5, 5.41) is 75.0. The molecule has 0 bridgehead atoms. The molecule has 0 aromatic heterocycles. The smallest absolute Gasteiger partial charge is 0.317 e. The molecule has 0 radical (unpaired) electrons. The molecule has 172 valence electrons. The van der Waals surface area contributed by atoms with E-state index in [-0.39, 0.29) is 0 Å². The molecule has 0 heterocycles. The van der Waals surface area contributed by atoms with Gasteiger partial charge in [0.05, 0.1) is 76.4 Å². The third-order valence-electron chi connectivity index (χ3n) is 4.54. The largest absolute Gasteiger partial charge is 0.480 e. The maximum absolute atomic E-state index is 12.8. The van der Waals surface area contributed by atoms with Gasteiger partial charge in [-0.25, -0.2) is 0 Å². The lowest BCUT2D eigenvalue weighted by Crippen LogP contribution is -2.60. The lowest BCUT2D eigenvalue weighted by molar-refractivity contribution is -0.142. The maximum Gasteiger partial charge on any atom is 0.317 e. The van der Waals surface area contributed by atoms with Gasteiger partial charge in [-0.1, -0.05) is 0 Å². The number of aliphatic hydroxyl groups excluding tert-OH is 6. The molecular weight excluding hydrogens is 419 g/mol. The molecule has 0 amide bonds. The van der Waals surface area contributed by atoms with Gasteiger partial charge in [-0.05, 0) is 0 Å². The highest BCUT2D eigenvalue weighted by atomic mass is 31.2. The van der Waals surface area contributed by atoms with E-state index in [0.717, 1.165) is 0 Å². The van der Waals surface area contributed by atoms with Crippen molar-refractivity contribution in [3.63, 3.8) is 0 Å². The van der Waals surface area contributed by atoms with Gasteiger partial charge < -0.3 is 45.7 Å². The number of aliphatic carboxylic acids is 2. The molecule has 0 saturated carbocycles. The monoisotopic (exact) mass is 448 g/mol. The molecule has 9 N–H and O–H groups in total. The molecular formula is C14H29N2O12P. The molecule has 0 aromatic rings. The summed E-state index contributed by atoms with van der Waals surface area (Å²) in [4.78, 5) is 33.9. The van der Waals surface area contributed by atoms with Gasteiger partial charge in [0.25, 0.3) is 0 Å². The van der Waals surface area contributed by atoms with E-state index in [9.17, 15) is 49.7 Å². The molecule has 0 unspecified atom stereocenters. The molecule has 0 aliphatic heterocycles. The second-order valence-corrected chi connectivity index (χ2v) is 8.97. The lowest BCUT2D eigenvalue weighted by Gasteiger charge is -2.42. The first-order valence-corrected chi connectivity index (χ1v) is 10.3. The molecule has 0 saturated heterocycles. The Hall–Kier alpha value is -1.19. The van der Waals surface area contributed by atoms with E-state index < -0.39 is 95.7 Å². The van der Waals surface area contributed by atoms with Crippen LogP contribution in [0.5, 0.6) is 0 Å². The van der Waals surface area contributed by atoms with Gasteiger partial charge in [-0.3, -0.25) is 24.0 Å². The summed E-state index contributed by atoms with van der Waals surface area (Å²) in [7, 11) is -4.53. The maximum atomic E-state index is 12.8. The highest BCUT2D eigenvalue weighted by Crippen LogP contribution is 2.44. The topological polar surface area (TPSA) is 240 Å². The van der Waals surface area contributed by atoms with Crippen LogP contribution in [0.3, 0.4) is 0 Å². The minimum Gasteiger partial charge on any atom is -0.480 e. The zero-order chi connectivity index (χ0) is 22.9. The van der Waals surface area contributed by atoms with E-state index >= 15 is 0 Å². The van der Waals surface area contributed by atoms with Crippen molar-refractivity contribution in [2.24, 2.45) is 0 Å². The van der Waals surface area contributed by atoms with Crippen molar-refractivity contribution in [2.75, 3.05) is 65.3 Å². The summed E-state index contributed by atoms with van der Waals surface area (Å²) in [6, 6.07) is 0. The SMILES string of the molecule is O=C(O)CN(CP(=O)(O)CN(CC(=O)O)C(CO)(CO)CO)C(CO)(CO)CO. The van der Waals surface area contributed by atoms with Crippen LogP contribution in [0.4, 0.5) is 0 Å². The van der Waals surface area contributed by atoms with Crippen molar-refractivity contribution in [1.82, 2.24) is 9.80 Å². The number of rotatable bonds is 16. The summed E-state index contributed by atoms with van der Waals surface area (Å²) in [6.07, 6.45) is -1.98. The summed E-state index contributed by atoms with van der Waals surface area (Å²) >= 11 is 0. The van der Waals surface area contributed by atoms with Crippen molar-refractivity contribution in [3.8, 4) is 0 Å². The first-order valence-electron chi connectivity index (χ1n) is 8.31. The number of carbonyl (C=O) groups is 2. The number of hydrogen-bond acceptors (Lipinski definition) is 11. The minimum atomic E-state index is -4.53. The van der Waals surface area contributed by atoms with Gasteiger partial charge in [0.2, 0.25) is 7.37 Å². The first-order chi connectivity index (χ1) is 13.4. The van der Waals surface area contributed by atoms with Gasteiger partial charge in [0.15, 0.2) is 0 Å². The zero-order valence-corrected chi connectivity index (χ0v) is 16.6. The molecule has 14 nitrogen and oxygen atoms in total. The van der Waals surface area contributed by atoms with Crippen LogP contribution in [0.1, 0.15) is 0 Å². The first kappa shape index (κ1) is 27.8. The molecule has 0 aromatic carbocycles. The molecule has 0 aliphatic rings. The molecule has 0 rings (SSSR count). The summed E-state index contributed by atoms with van der Waals surface area (Å²) in [5.74, 6) is -3.00. The van der Waals surface area contributed by atoms with Crippen molar-refractivity contribution < 1.29 is 59.9 Å². The Morgan fingerprint density at radius 1 is 0.655 bits per heavy atom. The third kappa shape index (κ3) is 7.53. The highest BCUT2D eigenvalue weighted by molar-refractivity contribution is 7.57. The summed E-state index contributed by atoms with van der Waals surface area (Å²) in [6.45, 7) is -7.65. The van der Waals surface area contributed by atoms with Crippen molar-refractivity contribution in [1.29, 1.82) is 0 Å². The third-order valence-corrected chi connectivity index (χ3v) is 6.11. The van der Waals surface area contributed by atoms with Crippen molar-refractivity contribution in [2.45, 2.75) is 11.1 Å². The van der Waals surface area contributed by atoms with Crippen LogP contribution in [0.2, 0.25) is 0 Å². The Balaban J connectivity index is 5.91. The van der Waals surface area contributed by atoms with Crippen LogP contribution in [-0.4, -0.2) is 144 Å². The van der Waals surface area contributed by atoms with Crippen LogP contribution >= 0.6 is 7.37 Å². The van der Waals surface area contributed by atoms with Crippen LogP contribution in [-0.2, 0) is 14.2 Å². The number of aliphatic hydroxyl groups is 6. The van der Waals surface area contributed by atoms with Crippen molar-refractivity contribution in [3.05, 3.63) is 0 Å². The summed E-state index contributed by atoms with van der Waals surface area (Å²) in [5.41, 5.74) is -3.92. The van der Waals surface area contributed by atoms with Gasteiger partial charge in [-0.15, -0.1) is 0 Å². The second kappa shape index (κ2) is 11.9. The molecule has 0 atom stereocenters. The Morgan fingerprint density at radius 2 is 0.897 bits per heavy atom.